The van der Waals surface area contributed by atoms with Crippen LogP contribution in [0.25, 0.3) is 0 Å². The molecule has 2 rings (SSSR count). The molecule has 0 aliphatic carbocycles. The third-order valence-electron chi connectivity index (χ3n) is 2.26. The first kappa shape index (κ1) is 10.6. The van der Waals surface area contributed by atoms with Crippen LogP contribution in [0.1, 0.15) is 0 Å². The van der Waals surface area contributed by atoms with Crippen LogP contribution in [-0.4, -0.2) is 43.3 Å². The van der Waals surface area contributed by atoms with Gasteiger partial charge in [-0.1, -0.05) is 0 Å². The molecule has 0 amide bonds. The van der Waals surface area contributed by atoms with Gasteiger partial charge in [-0.3, -0.25) is 0 Å². The van der Waals surface area contributed by atoms with Gasteiger partial charge in [-0.25, -0.2) is 9.97 Å². The van der Waals surface area contributed by atoms with Crippen LogP contribution < -0.4 is 10.2 Å². The van der Waals surface area contributed by atoms with Gasteiger partial charge >= 0.3 is 0 Å². The quantitative estimate of drug-likeness (QED) is 0.894. The maximum absolute atomic E-state index is 5.07. The van der Waals surface area contributed by atoms with Crippen molar-refractivity contribution in [3.8, 4) is 0 Å². The van der Waals surface area contributed by atoms with Gasteiger partial charge in [0.2, 0.25) is 0 Å². The van der Waals surface area contributed by atoms with E-state index in [1.54, 1.807) is 13.3 Å². The zero-order valence-corrected chi connectivity index (χ0v) is 10.1. The first-order valence-electron chi connectivity index (χ1n) is 4.81. The normalized spacial score (nSPS) is 14.7. The van der Waals surface area contributed by atoms with E-state index in [-0.39, 0.29) is 0 Å². The Labute approximate surface area is 97.0 Å². The molecule has 1 aliphatic heterocycles. The fourth-order valence-electron chi connectivity index (χ4n) is 1.54. The minimum absolute atomic E-state index is 0.702. The van der Waals surface area contributed by atoms with E-state index in [0.717, 1.165) is 35.9 Å². The lowest BCUT2D eigenvalue weighted by molar-refractivity contribution is 0.205. The molecule has 0 unspecified atom stereocenters. The summed E-state index contributed by atoms with van der Waals surface area (Å²) in [6, 6.07) is 0. The summed E-state index contributed by atoms with van der Waals surface area (Å²) in [4.78, 5) is 10.9. The van der Waals surface area contributed by atoms with Crippen molar-refractivity contribution in [2.75, 3.05) is 43.6 Å². The van der Waals surface area contributed by atoms with Crippen LogP contribution in [0.4, 0.5) is 11.6 Å². The predicted molar refractivity (Wildman–Crippen MR) is 62.3 cm³/mol. The molecular formula is C9H13BrN4O. The molecule has 0 radical (unpaired) electrons. The third kappa shape index (κ3) is 2.38. The molecule has 0 aromatic carbocycles. The van der Waals surface area contributed by atoms with Crippen molar-refractivity contribution in [2.45, 2.75) is 0 Å². The topological polar surface area (TPSA) is 50.3 Å². The Morgan fingerprint density at radius 2 is 2.53 bits per heavy atom. The van der Waals surface area contributed by atoms with E-state index < -0.39 is 0 Å². The van der Waals surface area contributed by atoms with Crippen molar-refractivity contribution in [3.05, 3.63) is 10.8 Å². The highest BCUT2D eigenvalue weighted by atomic mass is 79.9. The van der Waals surface area contributed by atoms with Crippen LogP contribution in [-0.2, 0) is 4.74 Å². The van der Waals surface area contributed by atoms with E-state index in [2.05, 4.69) is 36.1 Å². The van der Waals surface area contributed by atoms with Gasteiger partial charge in [0.1, 0.15) is 4.60 Å². The van der Waals surface area contributed by atoms with Crippen LogP contribution in [0, 0.1) is 0 Å². The maximum Gasteiger partial charge on any atom is 0.173 e. The Morgan fingerprint density at radius 3 is 3.33 bits per heavy atom. The fourth-order valence-corrected chi connectivity index (χ4v) is 1.81. The molecule has 2 heterocycles. The number of aromatic nitrogens is 2. The first-order chi connectivity index (χ1) is 7.31. The second-order valence-corrected chi connectivity index (χ2v) is 4.08. The van der Waals surface area contributed by atoms with E-state index in [9.17, 15) is 0 Å². The van der Waals surface area contributed by atoms with E-state index >= 15 is 0 Å². The number of nitrogens with one attached hydrogen (secondary N) is 1. The maximum atomic E-state index is 5.07. The van der Waals surface area contributed by atoms with Gasteiger partial charge in [-0.05, 0) is 15.9 Å². The van der Waals surface area contributed by atoms with Gasteiger partial charge in [0.15, 0.2) is 11.6 Å². The molecule has 15 heavy (non-hydrogen) atoms. The molecule has 1 aromatic heterocycles. The number of ether oxygens (including phenoxy) is 1. The Morgan fingerprint density at radius 1 is 1.67 bits per heavy atom. The van der Waals surface area contributed by atoms with Crippen molar-refractivity contribution in [1.29, 1.82) is 0 Å². The first-order valence-corrected chi connectivity index (χ1v) is 5.61. The monoisotopic (exact) mass is 272 g/mol. The minimum Gasteiger partial charge on any atom is -0.383 e. The van der Waals surface area contributed by atoms with Crippen LogP contribution >= 0.6 is 15.9 Å². The van der Waals surface area contributed by atoms with Gasteiger partial charge in [0.25, 0.3) is 0 Å². The summed E-state index contributed by atoms with van der Waals surface area (Å²) >= 11 is 3.33. The lowest BCUT2D eigenvalue weighted by Gasteiger charge is -2.29. The van der Waals surface area contributed by atoms with Crippen molar-refractivity contribution in [1.82, 2.24) is 9.97 Å². The second kappa shape index (κ2) is 4.76. The van der Waals surface area contributed by atoms with E-state index in [1.807, 2.05) is 0 Å². The lowest BCUT2D eigenvalue weighted by Crippen LogP contribution is -2.37. The van der Waals surface area contributed by atoms with Crippen LogP contribution in [0.15, 0.2) is 10.8 Å². The van der Waals surface area contributed by atoms with Crippen molar-refractivity contribution in [3.63, 3.8) is 0 Å². The van der Waals surface area contributed by atoms with Gasteiger partial charge in [0, 0.05) is 26.7 Å². The number of methoxy groups -OCH3 is 1. The van der Waals surface area contributed by atoms with E-state index in [4.69, 9.17) is 4.74 Å². The molecule has 0 saturated heterocycles. The zero-order valence-electron chi connectivity index (χ0n) is 8.53. The van der Waals surface area contributed by atoms with Gasteiger partial charge < -0.3 is 15.0 Å². The van der Waals surface area contributed by atoms with Crippen molar-refractivity contribution < 1.29 is 4.74 Å². The molecule has 82 valence electrons. The number of hydrogen-bond donors (Lipinski definition) is 1. The standard InChI is InChI=1S/C9H13BrN4O/c1-15-5-4-14-3-2-11-8-9(14)13-7(10)6-12-8/h6H,2-5H2,1H3,(H,11,12). The fraction of sp³-hybridized carbons (Fsp3) is 0.556. The summed E-state index contributed by atoms with van der Waals surface area (Å²) in [6.45, 7) is 3.37. The summed E-state index contributed by atoms with van der Waals surface area (Å²) < 4.78 is 5.82. The van der Waals surface area contributed by atoms with Gasteiger partial charge in [-0.15, -0.1) is 0 Å². The SMILES string of the molecule is COCCN1CCNc2ncc(Br)nc21. The zero-order chi connectivity index (χ0) is 10.7. The van der Waals surface area contributed by atoms with E-state index in [0.29, 0.717) is 6.61 Å². The molecule has 1 aromatic rings. The van der Waals surface area contributed by atoms with Gasteiger partial charge in [0.05, 0.1) is 12.8 Å². The van der Waals surface area contributed by atoms with Crippen molar-refractivity contribution >= 4 is 27.6 Å². The highest BCUT2D eigenvalue weighted by molar-refractivity contribution is 9.10. The molecule has 0 bridgehead atoms. The van der Waals surface area contributed by atoms with Crippen LogP contribution in [0.2, 0.25) is 0 Å². The Balaban J connectivity index is 2.20. The average Bonchev–Trinajstić information content (AvgIpc) is 2.26. The summed E-state index contributed by atoms with van der Waals surface area (Å²) in [7, 11) is 1.70. The number of rotatable bonds is 3. The molecule has 6 heteroatoms. The highest BCUT2D eigenvalue weighted by Gasteiger charge is 2.18. The molecule has 0 atom stereocenters. The van der Waals surface area contributed by atoms with Crippen molar-refractivity contribution in [2.24, 2.45) is 0 Å². The second-order valence-electron chi connectivity index (χ2n) is 3.27. The third-order valence-corrected chi connectivity index (χ3v) is 2.65. The lowest BCUT2D eigenvalue weighted by atomic mass is 10.3. The molecule has 0 saturated carbocycles. The van der Waals surface area contributed by atoms with Crippen LogP contribution in [0.5, 0.6) is 0 Å². The highest BCUT2D eigenvalue weighted by Crippen LogP contribution is 2.25. The smallest absolute Gasteiger partial charge is 0.173 e. The molecular weight excluding hydrogens is 260 g/mol. The summed E-state index contributed by atoms with van der Waals surface area (Å²) in [5.74, 6) is 1.74. The molecule has 1 N–H and O–H groups in total. The van der Waals surface area contributed by atoms with E-state index in [1.165, 1.54) is 0 Å². The summed E-state index contributed by atoms with van der Waals surface area (Å²) in [5, 5.41) is 3.22. The Kier molecular flexibility index (Phi) is 3.37. The number of nitrogens with zero attached hydrogens (tertiary/aromatic N) is 3. The summed E-state index contributed by atoms with van der Waals surface area (Å²) in [5.41, 5.74) is 0. The number of hydrogen-bond acceptors (Lipinski definition) is 5. The number of fused-ring (bicyclic) bond motifs is 1. The largest absolute Gasteiger partial charge is 0.383 e. The summed E-state index contributed by atoms with van der Waals surface area (Å²) in [6.07, 6.45) is 1.70. The molecule has 5 nitrogen and oxygen atoms in total. The molecule has 0 spiro atoms. The molecule has 0 fully saturated rings. The van der Waals surface area contributed by atoms with Gasteiger partial charge in [-0.2, -0.15) is 0 Å². The predicted octanol–water partition coefficient (Wildman–Crippen LogP) is 1.12. The molecule has 1 aliphatic rings. The minimum atomic E-state index is 0.702. The number of anilines is 2. The number of halogens is 1. The Bertz CT molecular complexity index is 347. The van der Waals surface area contributed by atoms with Crippen LogP contribution in [0.3, 0.4) is 0 Å². The Hall–Kier alpha value is -0.880. The average molecular weight is 273 g/mol.